The van der Waals surface area contributed by atoms with Gasteiger partial charge < -0.3 is 4.90 Å². The van der Waals surface area contributed by atoms with Crippen LogP contribution in [0.4, 0.5) is 0 Å². The molecule has 0 atom stereocenters. The first kappa shape index (κ1) is 13.0. The zero-order chi connectivity index (χ0) is 14.2. The van der Waals surface area contributed by atoms with Gasteiger partial charge in [0.25, 0.3) is 5.91 Å². The summed E-state index contributed by atoms with van der Waals surface area (Å²) in [6.07, 6.45) is 4.39. The molecule has 0 radical (unpaired) electrons. The molecule has 2 fully saturated rings. The number of H-pyrrole nitrogens is 1. The van der Waals surface area contributed by atoms with Crippen molar-refractivity contribution in [2.75, 3.05) is 13.1 Å². The summed E-state index contributed by atoms with van der Waals surface area (Å²) >= 11 is 1.52. The summed E-state index contributed by atoms with van der Waals surface area (Å²) in [4.78, 5) is 19.7. The van der Waals surface area contributed by atoms with E-state index in [9.17, 15) is 4.79 Å². The Hall–Kier alpha value is -1.69. The van der Waals surface area contributed by atoms with Crippen LogP contribution in [0.3, 0.4) is 0 Å². The molecule has 2 aliphatic rings. The molecule has 1 saturated carbocycles. The Morgan fingerprint density at radius 3 is 2.71 bits per heavy atom. The van der Waals surface area contributed by atoms with E-state index < -0.39 is 0 Å². The van der Waals surface area contributed by atoms with E-state index in [1.165, 1.54) is 24.2 Å². The van der Waals surface area contributed by atoms with Crippen molar-refractivity contribution in [2.24, 2.45) is 0 Å². The van der Waals surface area contributed by atoms with Gasteiger partial charge in [0.2, 0.25) is 0 Å². The zero-order valence-electron chi connectivity index (χ0n) is 11.8. The van der Waals surface area contributed by atoms with E-state index in [0.717, 1.165) is 42.5 Å². The van der Waals surface area contributed by atoms with Crippen molar-refractivity contribution in [3.8, 4) is 0 Å². The highest BCUT2D eigenvalue weighted by atomic mass is 32.1. The number of carbonyl (C=O) groups excluding carboxylic acids is 1. The maximum Gasteiger partial charge on any atom is 0.263 e. The maximum atomic E-state index is 12.3. The molecule has 2 aromatic heterocycles. The minimum atomic E-state index is 0.166. The van der Waals surface area contributed by atoms with Gasteiger partial charge in [0.05, 0.1) is 4.88 Å². The molecule has 0 aromatic carbocycles. The molecule has 4 rings (SSSR count). The molecule has 2 aromatic rings. The first-order valence-corrected chi connectivity index (χ1v) is 8.44. The molecule has 1 aliphatic heterocycles. The van der Waals surface area contributed by atoms with Crippen LogP contribution in [0.2, 0.25) is 0 Å². The highest BCUT2D eigenvalue weighted by Crippen LogP contribution is 2.38. The van der Waals surface area contributed by atoms with E-state index >= 15 is 0 Å². The number of carbonyl (C=O) groups is 1. The van der Waals surface area contributed by atoms with E-state index in [1.807, 2.05) is 22.4 Å². The van der Waals surface area contributed by atoms with E-state index in [2.05, 4.69) is 15.2 Å². The number of nitrogens with one attached hydrogen (secondary N) is 1. The molecule has 110 valence electrons. The number of amides is 1. The van der Waals surface area contributed by atoms with Crippen LogP contribution >= 0.6 is 11.3 Å². The second kappa shape index (κ2) is 5.26. The molecule has 1 N–H and O–H groups in total. The van der Waals surface area contributed by atoms with Gasteiger partial charge in [-0.15, -0.1) is 11.3 Å². The zero-order valence-corrected chi connectivity index (χ0v) is 12.6. The molecule has 3 heterocycles. The normalized spacial score (nSPS) is 19.9. The number of hydrogen-bond acceptors (Lipinski definition) is 4. The van der Waals surface area contributed by atoms with Gasteiger partial charge in [0, 0.05) is 24.9 Å². The van der Waals surface area contributed by atoms with Crippen molar-refractivity contribution >= 4 is 17.2 Å². The van der Waals surface area contributed by atoms with Gasteiger partial charge in [-0.1, -0.05) is 6.07 Å². The Morgan fingerprint density at radius 1 is 1.24 bits per heavy atom. The first-order valence-electron chi connectivity index (χ1n) is 7.56. The van der Waals surface area contributed by atoms with Crippen molar-refractivity contribution in [3.05, 3.63) is 34.0 Å². The molecule has 21 heavy (non-hydrogen) atoms. The number of nitrogens with zero attached hydrogens (tertiary/aromatic N) is 3. The van der Waals surface area contributed by atoms with Crippen LogP contribution in [0.5, 0.6) is 0 Å². The summed E-state index contributed by atoms with van der Waals surface area (Å²) in [6, 6.07) is 3.83. The van der Waals surface area contributed by atoms with Crippen LogP contribution in [0, 0.1) is 0 Å². The van der Waals surface area contributed by atoms with Crippen molar-refractivity contribution in [1.82, 2.24) is 20.1 Å². The fraction of sp³-hybridized carbons (Fsp3) is 0.533. The minimum absolute atomic E-state index is 0.166. The second-order valence-electron chi connectivity index (χ2n) is 5.90. The molecule has 0 spiro atoms. The van der Waals surface area contributed by atoms with E-state index in [0.29, 0.717) is 11.8 Å². The van der Waals surface area contributed by atoms with Gasteiger partial charge in [-0.2, -0.15) is 5.10 Å². The fourth-order valence-corrected chi connectivity index (χ4v) is 3.60. The molecule has 1 saturated heterocycles. The fourth-order valence-electron chi connectivity index (χ4n) is 2.91. The lowest BCUT2D eigenvalue weighted by atomic mass is 9.96. The monoisotopic (exact) mass is 302 g/mol. The average molecular weight is 302 g/mol. The Bertz CT molecular complexity index is 624. The van der Waals surface area contributed by atoms with Crippen LogP contribution in [-0.2, 0) is 0 Å². The summed E-state index contributed by atoms with van der Waals surface area (Å²) in [7, 11) is 0. The third kappa shape index (κ3) is 2.60. The molecule has 0 unspecified atom stereocenters. The van der Waals surface area contributed by atoms with E-state index in [1.54, 1.807) is 0 Å². The topological polar surface area (TPSA) is 61.9 Å². The van der Waals surface area contributed by atoms with Crippen molar-refractivity contribution < 1.29 is 4.79 Å². The van der Waals surface area contributed by atoms with Gasteiger partial charge in [-0.05, 0) is 37.1 Å². The third-order valence-corrected chi connectivity index (χ3v) is 5.22. The first-order chi connectivity index (χ1) is 10.3. The number of piperidine rings is 1. The molecule has 5 nitrogen and oxygen atoms in total. The molecular weight excluding hydrogens is 284 g/mol. The van der Waals surface area contributed by atoms with Crippen LogP contribution < -0.4 is 0 Å². The molecule has 6 heteroatoms. The number of aromatic nitrogens is 3. The third-order valence-electron chi connectivity index (χ3n) is 4.36. The molecule has 1 aliphatic carbocycles. The summed E-state index contributed by atoms with van der Waals surface area (Å²) in [5.41, 5.74) is 0. The van der Waals surface area contributed by atoms with Crippen LogP contribution in [-0.4, -0.2) is 39.1 Å². The summed E-state index contributed by atoms with van der Waals surface area (Å²) in [5.74, 6) is 3.18. The Kier molecular flexibility index (Phi) is 3.25. The average Bonchev–Trinajstić information content (AvgIpc) is 3.05. The predicted octanol–water partition coefficient (Wildman–Crippen LogP) is 2.76. The van der Waals surface area contributed by atoms with Crippen LogP contribution in [0.15, 0.2) is 17.5 Å². The highest BCUT2D eigenvalue weighted by Gasteiger charge is 2.30. The van der Waals surface area contributed by atoms with Gasteiger partial charge in [0.15, 0.2) is 5.82 Å². The molecule has 1 amide bonds. The lowest BCUT2D eigenvalue weighted by Gasteiger charge is -2.30. The van der Waals surface area contributed by atoms with Crippen molar-refractivity contribution in [3.63, 3.8) is 0 Å². The number of likely N-dealkylation sites (tertiary alicyclic amines) is 1. The van der Waals surface area contributed by atoms with Crippen molar-refractivity contribution in [1.29, 1.82) is 0 Å². The Morgan fingerprint density at radius 2 is 2.05 bits per heavy atom. The summed E-state index contributed by atoms with van der Waals surface area (Å²) in [6.45, 7) is 1.61. The van der Waals surface area contributed by atoms with E-state index in [4.69, 9.17) is 0 Å². The molecular formula is C15H18N4OS. The van der Waals surface area contributed by atoms with Crippen LogP contribution in [0.1, 0.15) is 58.8 Å². The van der Waals surface area contributed by atoms with Gasteiger partial charge in [-0.3, -0.25) is 9.89 Å². The smallest absolute Gasteiger partial charge is 0.263 e. The molecule has 0 bridgehead atoms. The quantitative estimate of drug-likeness (QED) is 0.948. The van der Waals surface area contributed by atoms with Gasteiger partial charge in [-0.25, -0.2) is 4.98 Å². The lowest BCUT2D eigenvalue weighted by Crippen LogP contribution is -2.37. The van der Waals surface area contributed by atoms with Crippen molar-refractivity contribution in [2.45, 2.75) is 37.5 Å². The minimum Gasteiger partial charge on any atom is -0.338 e. The standard InChI is InChI=1S/C15H18N4OS/c20-15(12-2-1-9-21-12)19-7-5-11(6-8-19)14-16-13(17-18-14)10-3-4-10/h1-2,9-11H,3-8H2,(H,16,17,18). The number of thiophene rings is 1. The predicted molar refractivity (Wildman–Crippen MR) is 80.6 cm³/mol. The Labute approximate surface area is 127 Å². The number of hydrogen-bond donors (Lipinski definition) is 1. The van der Waals surface area contributed by atoms with Gasteiger partial charge in [0.1, 0.15) is 5.82 Å². The number of aromatic amines is 1. The SMILES string of the molecule is O=C(c1cccs1)N1CCC(c2nc(C3CC3)n[nH]2)CC1. The maximum absolute atomic E-state index is 12.3. The number of rotatable bonds is 3. The Balaban J connectivity index is 1.38. The largest absolute Gasteiger partial charge is 0.338 e. The second-order valence-corrected chi connectivity index (χ2v) is 6.84. The van der Waals surface area contributed by atoms with Crippen LogP contribution in [0.25, 0.3) is 0 Å². The van der Waals surface area contributed by atoms with Gasteiger partial charge >= 0.3 is 0 Å². The highest BCUT2D eigenvalue weighted by molar-refractivity contribution is 7.12. The lowest BCUT2D eigenvalue weighted by molar-refractivity contribution is 0.0716. The summed E-state index contributed by atoms with van der Waals surface area (Å²) < 4.78 is 0. The summed E-state index contributed by atoms with van der Waals surface area (Å²) in [5, 5.41) is 9.39. The van der Waals surface area contributed by atoms with E-state index in [-0.39, 0.29) is 5.91 Å².